The fourth-order valence-corrected chi connectivity index (χ4v) is 11.7. The molecule has 0 radical (unpaired) electrons. The van der Waals surface area contributed by atoms with Crippen LogP contribution in [0.2, 0.25) is 0 Å². The van der Waals surface area contributed by atoms with E-state index in [1.807, 2.05) is 50.2 Å². The van der Waals surface area contributed by atoms with E-state index in [4.69, 9.17) is 14.2 Å². The molecule has 2 aliphatic carbocycles. The average molecular weight is 740 g/mol. The number of thioether (sulfide) groups is 1. The van der Waals surface area contributed by atoms with Gasteiger partial charge in [-0.2, -0.15) is 0 Å². The summed E-state index contributed by atoms with van der Waals surface area (Å²) in [6.45, 7) is 5.96. The summed E-state index contributed by atoms with van der Waals surface area (Å²) in [4.78, 5) is 71.1. The van der Waals surface area contributed by atoms with Crippen LogP contribution in [0.3, 0.4) is 0 Å². The Morgan fingerprint density at radius 1 is 0.904 bits per heavy atom. The number of carbonyl (C=O) groups is 4. The number of rotatable bonds is 10. The third-order valence-corrected chi connectivity index (χ3v) is 13.2. The molecular formula is C39H37N3O8S2. The molecule has 8 rings (SSSR count). The second-order valence-electron chi connectivity index (χ2n) is 13.6. The Hall–Kier alpha value is -4.88. The van der Waals surface area contributed by atoms with Gasteiger partial charge in [0.1, 0.15) is 0 Å². The number of thiazole rings is 1. The highest BCUT2D eigenvalue weighted by Crippen LogP contribution is 2.68. The van der Waals surface area contributed by atoms with E-state index in [0.29, 0.717) is 35.0 Å². The van der Waals surface area contributed by atoms with Crippen molar-refractivity contribution in [1.29, 1.82) is 0 Å². The van der Waals surface area contributed by atoms with E-state index in [1.54, 1.807) is 49.0 Å². The minimum atomic E-state index is -0.482. The van der Waals surface area contributed by atoms with Crippen LogP contribution in [0.5, 0.6) is 11.5 Å². The number of imide groups is 1. The number of esters is 1. The summed E-state index contributed by atoms with van der Waals surface area (Å²) in [5.41, 5.74) is 3.42. The number of anilines is 2. The molecule has 7 atom stereocenters. The van der Waals surface area contributed by atoms with Crippen LogP contribution in [-0.2, 0) is 19.1 Å². The van der Waals surface area contributed by atoms with Crippen molar-refractivity contribution in [3.8, 4) is 11.5 Å². The number of hydrogen-bond acceptors (Lipinski definition) is 10. The molecular weight excluding hydrogens is 703 g/mol. The Morgan fingerprint density at radius 3 is 2.40 bits per heavy atom. The van der Waals surface area contributed by atoms with E-state index in [1.165, 1.54) is 16.2 Å². The monoisotopic (exact) mass is 739 g/mol. The van der Waals surface area contributed by atoms with E-state index in [9.17, 15) is 24.0 Å². The number of amides is 3. The van der Waals surface area contributed by atoms with Crippen LogP contribution in [0, 0.1) is 36.5 Å². The van der Waals surface area contributed by atoms with Gasteiger partial charge < -0.3 is 24.5 Å². The maximum atomic E-state index is 14.2. The van der Waals surface area contributed by atoms with Crippen molar-refractivity contribution in [1.82, 2.24) is 4.98 Å². The first-order valence-electron chi connectivity index (χ1n) is 17.5. The summed E-state index contributed by atoms with van der Waals surface area (Å²) in [5.74, 6) is -1.60. The van der Waals surface area contributed by atoms with Crippen LogP contribution < -0.4 is 24.6 Å². The number of nitrogens with one attached hydrogen (secondary N) is 2. The molecule has 2 aliphatic heterocycles. The molecule has 0 spiro atoms. The van der Waals surface area contributed by atoms with Crippen LogP contribution >= 0.6 is 23.1 Å². The molecule has 3 heterocycles. The highest BCUT2D eigenvalue weighted by molar-refractivity contribution is 8.00. The summed E-state index contributed by atoms with van der Waals surface area (Å²) >= 11 is 2.80. The largest absolute Gasteiger partial charge is 0.490 e. The van der Waals surface area contributed by atoms with Gasteiger partial charge in [-0.3, -0.25) is 24.1 Å². The molecule has 1 aromatic heterocycles. The number of benzene rings is 3. The molecule has 2 saturated carbocycles. The standard InChI is InChI=1S/C39H37N3O8S2/c1-4-48-27-16-21(11-14-26(27)50-18-28(43)40-22-8-6-7-19(3)15-22)29-30-24-17-25(33(30)51-35-34(29)52-39(47)41-35)32-31(24)36(44)42(37(32)45)23-12-9-20(10-13-23)38(46)49-5-2/h6-16,24-25,29-33H,4-5,17-18H2,1-3H3,(H,40,43)(H,41,47)/t24?,25?,29-,30?,31?,32?,33?/m1/s1. The van der Waals surface area contributed by atoms with Gasteiger partial charge in [0.05, 0.1) is 41.3 Å². The van der Waals surface area contributed by atoms with Gasteiger partial charge in [-0.1, -0.05) is 29.5 Å². The van der Waals surface area contributed by atoms with Gasteiger partial charge in [0, 0.05) is 21.7 Å². The average Bonchev–Trinajstić information content (AvgIpc) is 3.86. The summed E-state index contributed by atoms with van der Waals surface area (Å²) < 4.78 is 17.1. The molecule has 11 nitrogen and oxygen atoms in total. The molecule has 2 bridgehead atoms. The first-order chi connectivity index (χ1) is 25.2. The molecule has 3 aromatic carbocycles. The predicted molar refractivity (Wildman–Crippen MR) is 196 cm³/mol. The number of aryl methyl sites for hydroxylation is 1. The lowest BCUT2D eigenvalue weighted by Crippen LogP contribution is -2.42. The molecule has 268 valence electrons. The molecule has 2 N–H and O–H groups in total. The summed E-state index contributed by atoms with van der Waals surface area (Å²) in [7, 11) is 0. The SMILES string of the molecule is CCOC(=O)c1ccc(N2C(=O)C3C4CC(C3C2=O)C2C4Sc3[nH]c(=O)sc3[C@@H]2c2ccc(OCC(=O)Nc3cccc(C)c3)c(OCC)c2)cc1. The Bertz CT molecular complexity index is 2150. The molecule has 3 amide bonds. The number of H-pyrrole nitrogens is 1. The highest BCUT2D eigenvalue weighted by atomic mass is 32.2. The Kier molecular flexibility index (Phi) is 8.94. The zero-order valence-corrected chi connectivity index (χ0v) is 30.4. The quantitative estimate of drug-likeness (QED) is 0.148. The van der Waals surface area contributed by atoms with Crippen molar-refractivity contribution >= 4 is 58.2 Å². The van der Waals surface area contributed by atoms with Crippen LogP contribution in [-0.4, -0.2) is 53.7 Å². The van der Waals surface area contributed by atoms with Gasteiger partial charge in [0.2, 0.25) is 11.8 Å². The summed E-state index contributed by atoms with van der Waals surface area (Å²) in [6.07, 6.45) is 0.746. The molecule has 6 unspecified atom stereocenters. The van der Waals surface area contributed by atoms with E-state index in [0.717, 1.165) is 27.5 Å². The van der Waals surface area contributed by atoms with Crippen LogP contribution in [0.4, 0.5) is 11.4 Å². The zero-order chi connectivity index (χ0) is 36.3. The lowest BCUT2D eigenvalue weighted by molar-refractivity contribution is -0.123. The maximum absolute atomic E-state index is 14.2. The van der Waals surface area contributed by atoms with Crippen molar-refractivity contribution in [2.45, 2.75) is 43.4 Å². The molecule has 52 heavy (non-hydrogen) atoms. The van der Waals surface area contributed by atoms with Crippen molar-refractivity contribution in [2.75, 3.05) is 30.0 Å². The summed E-state index contributed by atoms with van der Waals surface area (Å²) in [5, 5.41) is 3.67. The molecule has 13 heteroatoms. The van der Waals surface area contributed by atoms with Gasteiger partial charge in [0.25, 0.3) is 5.91 Å². The minimum Gasteiger partial charge on any atom is -0.490 e. The van der Waals surface area contributed by atoms with E-state index < -0.39 is 17.8 Å². The highest BCUT2D eigenvalue weighted by Gasteiger charge is 2.69. The number of ether oxygens (including phenoxy) is 3. The maximum Gasteiger partial charge on any atom is 0.338 e. The smallest absolute Gasteiger partial charge is 0.338 e. The number of hydrogen-bond donors (Lipinski definition) is 2. The van der Waals surface area contributed by atoms with Crippen LogP contribution in [0.25, 0.3) is 0 Å². The van der Waals surface area contributed by atoms with Crippen molar-refractivity contribution in [2.24, 2.45) is 29.6 Å². The fourth-order valence-electron chi connectivity index (χ4n) is 8.77. The molecule has 4 aliphatic rings. The molecule has 3 fully saturated rings. The number of nitrogens with zero attached hydrogens (tertiary/aromatic N) is 1. The lowest BCUT2D eigenvalue weighted by Gasteiger charge is -2.43. The summed E-state index contributed by atoms with van der Waals surface area (Å²) in [6, 6.07) is 19.6. The van der Waals surface area contributed by atoms with Gasteiger partial charge in [-0.25, -0.2) is 4.79 Å². The molecule has 4 aromatic rings. The Morgan fingerprint density at radius 2 is 1.67 bits per heavy atom. The first-order valence-corrected chi connectivity index (χ1v) is 19.2. The second kappa shape index (κ2) is 13.6. The fraction of sp³-hybridized carbons (Fsp3) is 0.359. The van der Waals surface area contributed by atoms with Crippen LogP contribution in [0.1, 0.15) is 52.5 Å². The van der Waals surface area contributed by atoms with Crippen molar-refractivity contribution < 1.29 is 33.4 Å². The normalized spacial score (nSPS) is 25.4. The lowest BCUT2D eigenvalue weighted by atomic mass is 9.68. The Labute approximate surface area is 308 Å². The van der Waals surface area contributed by atoms with Gasteiger partial charge in [-0.05, 0) is 105 Å². The Balaban J connectivity index is 1.08. The number of aromatic nitrogens is 1. The zero-order valence-electron chi connectivity index (χ0n) is 28.8. The van der Waals surface area contributed by atoms with E-state index in [2.05, 4.69) is 10.3 Å². The topological polar surface area (TPSA) is 144 Å². The molecule has 1 saturated heterocycles. The predicted octanol–water partition coefficient (Wildman–Crippen LogP) is 6.02. The first kappa shape index (κ1) is 34.2. The number of fused-ring (bicyclic) bond motifs is 9. The number of aromatic amines is 1. The van der Waals surface area contributed by atoms with Crippen molar-refractivity contribution in [3.05, 3.63) is 98.0 Å². The van der Waals surface area contributed by atoms with Crippen molar-refractivity contribution in [3.63, 3.8) is 0 Å². The second-order valence-corrected chi connectivity index (χ2v) is 15.8. The van der Waals surface area contributed by atoms with Gasteiger partial charge in [-0.15, -0.1) is 11.8 Å². The van der Waals surface area contributed by atoms with Crippen LogP contribution in [0.15, 0.2) is 76.6 Å². The van der Waals surface area contributed by atoms with Gasteiger partial charge >= 0.3 is 10.8 Å². The minimum absolute atomic E-state index is 0.00804. The number of carbonyl (C=O) groups excluding carboxylic acids is 4. The van der Waals surface area contributed by atoms with E-state index >= 15 is 0 Å². The van der Waals surface area contributed by atoms with Gasteiger partial charge in [0.15, 0.2) is 18.1 Å². The van der Waals surface area contributed by atoms with E-state index in [-0.39, 0.29) is 64.7 Å². The third kappa shape index (κ3) is 5.79. The third-order valence-electron chi connectivity index (χ3n) is 10.6.